The van der Waals surface area contributed by atoms with Gasteiger partial charge in [-0.15, -0.1) is 0 Å². The van der Waals surface area contributed by atoms with Gasteiger partial charge in [-0.25, -0.2) is 9.97 Å². The minimum absolute atomic E-state index is 0.797. The van der Waals surface area contributed by atoms with Gasteiger partial charge >= 0.3 is 0 Å². The van der Waals surface area contributed by atoms with E-state index in [0.29, 0.717) is 0 Å². The van der Waals surface area contributed by atoms with Crippen molar-refractivity contribution in [1.29, 1.82) is 0 Å². The summed E-state index contributed by atoms with van der Waals surface area (Å²) in [6, 6.07) is 67.9. The van der Waals surface area contributed by atoms with Gasteiger partial charge in [0.05, 0.1) is 28.3 Å². The number of pyridine rings is 4. The zero-order valence-electron chi connectivity index (χ0n) is 32.8. The van der Waals surface area contributed by atoms with E-state index in [1.807, 2.05) is 42.5 Å². The lowest BCUT2D eigenvalue weighted by Gasteiger charge is -2.13. The van der Waals surface area contributed by atoms with E-state index in [1.54, 1.807) is 12.4 Å². The largest absolute Gasteiger partial charge is 0.454 e. The van der Waals surface area contributed by atoms with E-state index < -0.39 is 0 Å². The maximum atomic E-state index is 6.77. The maximum Gasteiger partial charge on any atom is 0.162 e. The average molecular weight is 779 g/mol. The molecule has 5 heterocycles. The van der Waals surface area contributed by atoms with Crippen LogP contribution in [0.15, 0.2) is 211 Å². The number of para-hydroxylation sites is 1. The molecule has 5 heteroatoms. The summed E-state index contributed by atoms with van der Waals surface area (Å²) in [6.07, 6.45) is 3.60. The van der Waals surface area contributed by atoms with E-state index in [2.05, 4.69) is 162 Å². The molecule has 0 bridgehead atoms. The van der Waals surface area contributed by atoms with Crippen molar-refractivity contribution in [2.24, 2.45) is 0 Å². The third-order valence-corrected chi connectivity index (χ3v) is 11.7. The molecule has 7 aromatic carbocycles. The molecule has 0 aliphatic rings. The molecule has 0 radical (unpaired) electrons. The highest BCUT2D eigenvalue weighted by molar-refractivity contribution is 6.23. The van der Waals surface area contributed by atoms with Crippen molar-refractivity contribution < 1.29 is 4.42 Å². The van der Waals surface area contributed by atoms with Gasteiger partial charge in [-0.2, -0.15) is 0 Å². The van der Waals surface area contributed by atoms with Crippen molar-refractivity contribution in [3.05, 3.63) is 207 Å². The fourth-order valence-corrected chi connectivity index (χ4v) is 8.84. The second kappa shape index (κ2) is 14.2. The van der Waals surface area contributed by atoms with Gasteiger partial charge < -0.3 is 4.42 Å². The number of nitrogens with zero attached hydrogens (tertiary/aromatic N) is 4. The predicted octanol–water partition coefficient (Wildman–Crippen LogP) is 14.6. The van der Waals surface area contributed by atoms with Crippen LogP contribution in [0.25, 0.3) is 122 Å². The van der Waals surface area contributed by atoms with Gasteiger partial charge in [0, 0.05) is 34.1 Å². The second-order valence-electron chi connectivity index (χ2n) is 15.4. The Morgan fingerprint density at radius 3 is 1.59 bits per heavy atom. The first-order valence-corrected chi connectivity index (χ1v) is 20.4. The fraction of sp³-hybridized carbons (Fsp3) is 0. The van der Waals surface area contributed by atoms with E-state index in [-0.39, 0.29) is 0 Å². The fourth-order valence-electron chi connectivity index (χ4n) is 8.84. The van der Waals surface area contributed by atoms with Crippen LogP contribution in [0.4, 0.5) is 0 Å². The molecule has 0 amide bonds. The summed E-state index contributed by atoms with van der Waals surface area (Å²) in [5, 5.41) is 7.96. The molecule has 12 aromatic rings. The molecule has 0 aliphatic heterocycles. The number of hydrogen-bond donors (Lipinski definition) is 0. The van der Waals surface area contributed by atoms with Crippen LogP contribution in [0, 0.1) is 0 Å². The number of furan rings is 1. The minimum Gasteiger partial charge on any atom is -0.454 e. The normalized spacial score (nSPS) is 11.6. The molecule has 284 valence electrons. The molecular formula is C56H34N4O. The topological polar surface area (TPSA) is 64.7 Å². The minimum atomic E-state index is 0.797. The van der Waals surface area contributed by atoms with Crippen LogP contribution < -0.4 is 0 Å². The van der Waals surface area contributed by atoms with Crippen molar-refractivity contribution in [3.8, 4) is 67.4 Å². The van der Waals surface area contributed by atoms with Gasteiger partial charge in [0.2, 0.25) is 0 Å². The van der Waals surface area contributed by atoms with E-state index in [9.17, 15) is 0 Å². The SMILES string of the molecule is c1ccc(-c2cc(-c3cccc(-c4cccc(-c5ccc6nc(-c7cc8ccccc8c8ccccc78)c7oc8ccccc8c7c6c5)c4)c3)cc(-c3ccccn3)n2)nc1. The Kier molecular flexibility index (Phi) is 8.10. The molecular weight excluding hydrogens is 745 g/mol. The summed E-state index contributed by atoms with van der Waals surface area (Å²) in [6.45, 7) is 0. The third kappa shape index (κ3) is 6.02. The summed E-state index contributed by atoms with van der Waals surface area (Å²) >= 11 is 0. The summed E-state index contributed by atoms with van der Waals surface area (Å²) < 4.78 is 6.77. The summed E-state index contributed by atoms with van der Waals surface area (Å²) in [5.74, 6) is 0. The number of fused-ring (bicyclic) bond motifs is 8. The van der Waals surface area contributed by atoms with Crippen LogP contribution in [0.3, 0.4) is 0 Å². The highest BCUT2D eigenvalue weighted by atomic mass is 16.3. The Balaban J connectivity index is 0.979. The third-order valence-electron chi connectivity index (χ3n) is 11.7. The van der Waals surface area contributed by atoms with Crippen LogP contribution in [-0.4, -0.2) is 19.9 Å². The molecule has 0 spiro atoms. The molecule has 0 atom stereocenters. The molecule has 0 fully saturated rings. The Hall–Kier alpha value is -8.28. The van der Waals surface area contributed by atoms with Crippen molar-refractivity contribution in [3.63, 3.8) is 0 Å². The predicted molar refractivity (Wildman–Crippen MR) is 250 cm³/mol. The molecule has 0 unspecified atom stereocenters. The lowest BCUT2D eigenvalue weighted by Crippen LogP contribution is -1.94. The van der Waals surface area contributed by atoms with Crippen molar-refractivity contribution >= 4 is 54.4 Å². The number of hydrogen-bond acceptors (Lipinski definition) is 5. The van der Waals surface area contributed by atoms with E-state index >= 15 is 0 Å². The van der Waals surface area contributed by atoms with Gasteiger partial charge in [-0.05, 0) is 128 Å². The van der Waals surface area contributed by atoms with Crippen LogP contribution in [0.2, 0.25) is 0 Å². The van der Waals surface area contributed by atoms with Gasteiger partial charge in [0.15, 0.2) is 5.58 Å². The molecule has 12 rings (SSSR count). The summed E-state index contributed by atoms with van der Waals surface area (Å²) in [5.41, 5.74) is 14.3. The van der Waals surface area contributed by atoms with Crippen LogP contribution >= 0.6 is 0 Å². The summed E-state index contributed by atoms with van der Waals surface area (Å²) in [7, 11) is 0. The van der Waals surface area contributed by atoms with Gasteiger partial charge in [0.25, 0.3) is 0 Å². The second-order valence-corrected chi connectivity index (χ2v) is 15.4. The Labute approximate surface area is 351 Å². The lowest BCUT2D eigenvalue weighted by atomic mass is 9.93. The number of aromatic nitrogens is 4. The first-order chi connectivity index (χ1) is 30.2. The molecule has 5 nitrogen and oxygen atoms in total. The first-order valence-electron chi connectivity index (χ1n) is 20.4. The highest BCUT2D eigenvalue weighted by Crippen LogP contribution is 2.44. The zero-order chi connectivity index (χ0) is 40.3. The van der Waals surface area contributed by atoms with Crippen LogP contribution in [0.1, 0.15) is 0 Å². The maximum absolute atomic E-state index is 6.77. The number of rotatable bonds is 6. The highest BCUT2D eigenvalue weighted by Gasteiger charge is 2.21. The Bertz CT molecular complexity index is 3590. The van der Waals surface area contributed by atoms with E-state index in [0.717, 1.165) is 106 Å². The van der Waals surface area contributed by atoms with Crippen LogP contribution in [-0.2, 0) is 0 Å². The molecule has 61 heavy (non-hydrogen) atoms. The van der Waals surface area contributed by atoms with E-state index in [1.165, 1.54) is 16.2 Å². The lowest BCUT2D eigenvalue weighted by molar-refractivity contribution is 0.669. The Morgan fingerprint density at radius 1 is 0.344 bits per heavy atom. The monoisotopic (exact) mass is 778 g/mol. The Morgan fingerprint density at radius 2 is 0.918 bits per heavy atom. The zero-order valence-corrected chi connectivity index (χ0v) is 32.8. The van der Waals surface area contributed by atoms with Crippen molar-refractivity contribution in [2.45, 2.75) is 0 Å². The summed E-state index contributed by atoms with van der Waals surface area (Å²) in [4.78, 5) is 19.6. The smallest absolute Gasteiger partial charge is 0.162 e. The molecule has 5 aromatic heterocycles. The van der Waals surface area contributed by atoms with Gasteiger partial charge in [-0.1, -0.05) is 121 Å². The van der Waals surface area contributed by atoms with Gasteiger partial charge in [-0.3, -0.25) is 9.97 Å². The molecule has 0 saturated heterocycles. The van der Waals surface area contributed by atoms with Crippen molar-refractivity contribution in [2.75, 3.05) is 0 Å². The van der Waals surface area contributed by atoms with E-state index in [4.69, 9.17) is 14.4 Å². The quantitative estimate of drug-likeness (QED) is 0.157. The molecule has 0 aliphatic carbocycles. The average Bonchev–Trinajstić information content (AvgIpc) is 3.74. The first kappa shape index (κ1) is 34.7. The standard InChI is InChI=1S/C56H34N4O/c1-2-18-42-40(13-1)32-46(44-20-4-3-19-43(42)44)55-56-54(45-21-5-6-24-53(45)61-56)47-31-39(25-26-48(47)60-55)37-16-11-14-35(29-37)36-15-12-17-38(30-36)41-33-51(49-22-7-9-27-57-49)59-52(34-41)50-23-8-10-28-58-50/h1-34H. The van der Waals surface area contributed by atoms with Gasteiger partial charge in [0.1, 0.15) is 11.3 Å². The van der Waals surface area contributed by atoms with Crippen molar-refractivity contribution in [1.82, 2.24) is 19.9 Å². The number of benzene rings is 7. The van der Waals surface area contributed by atoms with Crippen LogP contribution in [0.5, 0.6) is 0 Å². The molecule has 0 N–H and O–H groups in total. The molecule has 0 saturated carbocycles.